The maximum Gasteiger partial charge on any atom is 0.179 e. The molecule has 0 aromatic heterocycles. The number of aliphatic hydroxyl groups is 2. The average molecular weight is 306 g/mol. The molecule has 2 unspecified atom stereocenters. The lowest BCUT2D eigenvalue weighted by atomic mass is 10.3. The fourth-order valence-electron chi connectivity index (χ4n) is 2.10. The molecule has 0 aliphatic rings. The molecule has 128 valence electrons. The molecule has 0 aliphatic heterocycles. The lowest BCUT2D eigenvalue weighted by Gasteiger charge is -2.53. The van der Waals surface area contributed by atoms with E-state index < -0.39 is 11.7 Å². The summed E-state index contributed by atoms with van der Waals surface area (Å²) in [5.41, 5.74) is 0. The molecule has 0 spiro atoms. The molecule has 0 heterocycles. The minimum atomic E-state index is -0.703. The lowest BCUT2D eigenvalue weighted by molar-refractivity contribution is -0.343. The van der Waals surface area contributed by atoms with E-state index in [1.165, 1.54) is 0 Å². The Labute approximate surface area is 129 Å². The van der Waals surface area contributed by atoms with Gasteiger partial charge in [0.2, 0.25) is 0 Å². The summed E-state index contributed by atoms with van der Waals surface area (Å²) < 4.78 is 6.46. The van der Waals surface area contributed by atoms with E-state index in [2.05, 4.69) is 0 Å². The number of likely N-dealkylation sites (N-methyl/N-ethyl adjacent to an activating group) is 2. The van der Waals surface area contributed by atoms with E-state index in [1.54, 1.807) is 0 Å². The number of hydrogen-bond donors (Lipinski definition) is 2. The van der Waals surface area contributed by atoms with Gasteiger partial charge in [0.25, 0.3) is 0 Å². The van der Waals surface area contributed by atoms with Gasteiger partial charge in [-0.15, -0.1) is 0 Å². The van der Waals surface area contributed by atoms with E-state index in [9.17, 15) is 10.2 Å². The second-order valence-corrected chi connectivity index (χ2v) is 6.05. The van der Waals surface area contributed by atoms with Crippen LogP contribution in [0.15, 0.2) is 0 Å². The van der Waals surface area contributed by atoms with Crippen molar-refractivity contribution in [2.75, 3.05) is 68.6 Å². The van der Waals surface area contributed by atoms with Gasteiger partial charge in [-0.1, -0.05) is 0 Å². The maximum atomic E-state index is 9.21. The van der Waals surface area contributed by atoms with Crippen molar-refractivity contribution < 1.29 is 14.9 Å². The molecule has 0 bridgehead atoms. The quantitative estimate of drug-likeness (QED) is 0.519. The minimum absolute atomic E-state index is 0.0639. The van der Waals surface area contributed by atoms with Crippen LogP contribution in [0, 0.1) is 0 Å². The zero-order chi connectivity index (χ0) is 16.8. The molecular formula is C14H34N4O3. The van der Waals surface area contributed by atoms with Gasteiger partial charge in [0.05, 0.1) is 13.2 Å². The number of aliphatic hydroxyl groups excluding tert-OH is 2. The zero-order valence-corrected chi connectivity index (χ0v) is 14.9. The highest BCUT2D eigenvalue weighted by atomic mass is 16.6. The Balaban J connectivity index is 5.43. The van der Waals surface area contributed by atoms with Gasteiger partial charge in [-0.25, -0.2) is 0 Å². The smallest absolute Gasteiger partial charge is 0.179 e. The van der Waals surface area contributed by atoms with Crippen molar-refractivity contribution in [3.05, 3.63) is 0 Å². The summed E-state index contributed by atoms with van der Waals surface area (Å²) >= 11 is 0. The van der Waals surface area contributed by atoms with E-state index in [0.29, 0.717) is 13.1 Å². The van der Waals surface area contributed by atoms with Crippen LogP contribution in [0.1, 0.15) is 13.8 Å². The van der Waals surface area contributed by atoms with E-state index >= 15 is 0 Å². The van der Waals surface area contributed by atoms with Gasteiger partial charge in [0.15, 0.2) is 11.7 Å². The summed E-state index contributed by atoms with van der Waals surface area (Å²) in [7, 11) is 11.6. The summed E-state index contributed by atoms with van der Waals surface area (Å²) in [5, 5.41) is 18.4. The predicted molar refractivity (Wildman–Crippen MR) is 84.7 cm³/mol. The fraction of sp³-hybridized carbons (Fsp3) is 1.00. The topological polar surface area (TPSA) is 62.7 Å². The van der Waals surface area contributed by atoms with Crippen molar-refractivity contribution >= 4 is 0 Å². The van der Waals surface area contributed by atoms with Crippen LogP contribution < -0.4 is 0 Å². The first-order valence-electron chi connectivity index (χ1n) is 7.25. The number of nitrogens with zero attached hydrogens (tertiary/aromatic N) is 4. The van der Waals surface area contributed by atoms with Gasteiger partial charge in [-0.2, -0.15) is 0 Å². The SMILES string of the molecule is CN(C)C(C)(OC(C)(N(C)C)N(C)CCO)N(C)CCO. The molecule has 0 radical (unpaired) electrons. The Bertz CT molecular complexity index is 276. The van der Waals surface area contributed by atoms with Crippen LogP contribution in [-0.4, -0.2) is 110 Å². The Morgan fingerprint density at radius 1 is 0.714 bits per heavy atom. The van der Waals surface area contributed by atoms with Crippen molar-refractivity contribution in [3.63, 3.8) is 0 Å². The molecule has 2 atom stereocenters. The summed E-state index contributed by atoms with van der Waals surface area (Å²) in [5.74, 6) is -1.41. The Morgan fingerprint density at radius 2 is 1.00 bits per heavy atom. The molecule has 0 aliphatic carbocycles. The zero-order valence-electron chi connectivity index (χ0n) is 14.9. The highest BCUT2D eigenvalue weighted by Gasteiger charge is 2.44. The first-order chi connectivity index (χ1) is 9.56. The Kier molecular flexibility index (Phi) is 8.27. The third-order valence-corrected chi connectivity index (χ3v) is 4.33. The third-order valence-electron chi connectivity index (χ3n) is 4.33. The molecule has 2 N–H and O–H groups in total. The van der Waals surface area contributed by atoms with Crippen molar-refractivity contribution in [1.29, 1.82) is 0 Å². The fourth-order valence-corrected chi connectivity index (χ4v) is 2.10. The highest BCUT2D eigenvalue weighted by molar-refractivity contribution is 4.80. The standard InChI is InChI=1S/C14H34N4O3/c1-13(15(3)4,17(7)9-11-19)21-14(2,16(5)6)18(8)10-12-20/h19-20H,9-12H2,1-8H3. The second kappa shape index (κ2) is 8.38. The largest absolute Gasteiger partial charge is 0.395 e. The predicted octanol–water partition coefficient (Wildman–Crippen LogP) is -0.678. The molecule has 7 nitrogen and oxygen atoms in total. The highest BCUT2D eigenvalue weighted by Crippen LogP contribution is 2.28. The van der Waals surface area contributed by atoms with Crippen molar-refractivity contribution in [3.8, 4) is 0 Å². The number of hydrogen-bond acceptors (Lipinski definition) is 7. The van der Waals surface area contributed by atoms with Crippen molar-refractivity contribution in [1.82, 2.24) is 19.6 Å². The van der Waals surface area contributed by atoms with Gasteiger partial charge in [-0.05, 0) is 56.1 Å². The molecule has 0 aromatic carbocycles. The molecule has 7 heteroatoms. The van der Waals surface area contributed by atoms with E-state index in [4.69, 9.17) is 4.74 Å². The van der Waals surface area contributed by atoms with Crippen LogP contribution in [0.2, 0.25) is 0 Å². The van der Waals surface area contributed by atoms with Crippen LogP contribution in [0.25, 0.3) is 0 Å². The van der Waals surface area contributed by atoms with Crippen LogP contribution in [-0.2, 0) is 4.74 Å². The number of ether oxygens (including phenoxy) is 1. The maximum absolute atomic E-state index is 9.21. The molecular weight excluding hydrogens is 272 g/mol. The Morgan fingerprint density at radius 3 is 1.19 bits per heavy atom. The molecule has 0 fully saturated rings. The first kappa shape index (κ1) is 20.7. The molecule has 0 saturated heterocycles. The third kappa shape index (κ3) is 4.85. The molecule has 0 aromatic rings. The van der Waals surface area contributed by atoms with E-state index in [-0.39, 0.29) is 13.2 Å². The van der Waals surface area contributed by atoms with E-state index in [0.717, 1.165) is 0 Å². The van der Waals surface area contributed by atoms with E-state index in [1.807, 2.05) is 75.7 Å². The summed E-state index contributed by atoms with van der Waals surface area (Å²) in [6, 6.07) is 0. The number of rotatable bonds is 10. The lowest BCUT2D eigenvalue weighted by Crippen LogP contribution is -2.67. The molecule has 21 heavy (non-hydrogen) atoms. The minimum Gasteiger partial charge on any atom is -0.395 e. The monoisotopic (exact) mass is 306 g/mol. The van der Waals surface area contributed by atoms with Gasteiger partial charge in [0.1, 0.15) is 0 Å². The summed E-state index contributed by atoms with van der Waals surface area (Å²) in [4.78, 5) is 7.86. The van der Waals surface area contributed by atoms with Gasteiger partial charge < -0.3 is 14.9 Å². The normalized spacial score (nSPS) is 18.6. The van der Waals surface area contributed by atoms with Crippen LogP contribution in [0.4, 0.5) is 0 Å². The van der Waals surface area contributed by atoms with Gasteiger partial charge in [-0.3, -0.25) is 19.6 Å². The van der Waals surface area contributed by atoms with Crippen molar-refractivity contribution in [2.45, 2.75) is 25.5 Å². The van der Waals surface area contributed by atoms with Crippen LogP contribution in [0.5, 0.6) is 0 Å². The molecule has 0 amide bonds. The Hall–Kier alpha value is -0.280. The van der Waals surface area contributed by atoms with Crippen LogP contribution in [0.3, 0.4) is 0 Å². The van der Waals surface area contributed by atoms with Crippen molar-refractivity contribution in [2.24, 2.45) is 0 Å². The molecule has 0 saturated carbocycles. The second-order valence-electron chi connectivity index (χ2n) is 6.05. The average Bonchev–Trinajstić information content (AvgIpc) is 2.38. The first-order valence-corrected chi connectivity index (χ1v) is 7.25. The van der Waals surface area contributed by atoms with Gasteiger partial charge >= 0.3 is 0 Å². The summed E-state index contributed by atoms with van der Waals surface area (Å²) in [6.07, 6.45) is 0. The van der Waals surface area contributed by atoms with Gasteiger partial charge in [0, 0.05) is 13.1 Å². The summed E-state index contributed by atoms with van der Waals surface area (Å²) in [6.45, 7) is 5.07. The molecule has 0 rings (SSSR count). The van der Waals surface area contributed by atoms with Crippen LogP contribution >= 0.6 is 0 Å².